The summed E-state index contributed by atoms with van der Waals surface area (Å²) >= 11 is 3.19. The minimum atomic E-state index is -2.80. The van der Waals surface area contributed by atoms with Gasteiger partial charge in [-0.1, -0.05) is 22.0 Å². The van der Waals surface area contributed by atoms with Crippen molar-refractivity contribution in [2.24, 2.45) is 0 Å². The van der Waals surface area contributed by atoms with Crippen LogP contribution in [-0.4, -0.2) is 26.0 Å². The first-order chi connectivity index (χ1) is 9.33. The number of halogens is 1. The summed E-state index contributed by atoms with van der Waals surface area (Å²) in [4.78, 5) is 0.501. The fraction of sp³-hybridized carbons (Fsp3) is 0.400. The van der Waals surface area contributed by atoms with Crippen LogP contribution in [0.15, 0.2) is 28.7 Å². The Labute approximate surface area is 98.3 Å². The highest BCUT2D eigenvalue weighted by atomic mass is 79.9. The molecule has 1 fully saturated rings. The fourth-order valence-electron chi connectivity index (χ4n) is 0.971. The summed E-state index contributed by atoms with van der Waals surface area (Å²) in [5, 5.41) is 1.79. The minimum Gasteiger partial charge on any atom is -0.369 e. The Morgan fingerprint density at radius 1 is 1.38 bits per heavy atom. The second kappa shape index (κ2) is 4.11. The summed E-state index contributed by atoms with van der Waals surface area (Å²) in [6, 6.07) is 6.00. The van der Waals surface area contributed by atoms with E-state index < -0.39 is 26.0 Å². The van der Waals surface area contributed by atoms with Crippen molar-refractivity contribution in [1.82, 2.24) is 5.32 Å². The van der Waals surface area contributed by atoms with Gasteiger partial charge < -0.3 is 10.2 Å². The van der Waals surface area contributed by atoms with Crippen molar-refractivity contribution in [2.45, 2.75) is 0 Å². The fourth-order valence-corrected chi connectivity index (χ4v) is 1.36. The molecule has 1 aliphatic rings. The molecule has 0 unspecified atom stereocenters. The van der Waals surface area contributed by atoms with E-state index >= 15 is 0 Å². The minimum absolute atomic E-state index is 0.0358. The lowest BCUT2D eigenvalue weighted by atomic mass is 10.2. The zero-order valence-corrected chi connectivity index (χ0v) is 8.22. The van der Waals surface area contributed by atoms with E-state index in [0.717, 1.165) is 0 Å². The number of hydrogen-bond acceptors (Lipinski definition) is 2. The molecule has 0 spiro atoms. The van der Waals surface area contributed by atoms with Crippen molar-refractivity contribution in [3.05, 3.63) is 28.7 Å². The lowest BCUT2D eigenvalue weighted by Gasteiger charge is -2.29. The standard InChI is InChI=1S/C10H13BrN2/c11-9-2-1-3-10(8-9)13-6-4-12-5-7-13/h1-3,8,12H,4-7H2/i4D2,5D2,6D2,7D2. The molecular formula is C10H13BrN2. The molecule has 13 heavy (non-hydrogen) atoms. The highest BCUT2D eigenvalue weighted by Gasteiger charge is 2.09. The van der Waals surface area contributed by atoms with Crippen molar-refractivity contribution >= 4 is 21.6 Å². The monoisotopic (exact) mass is 248 g/mol. The van der Waals surface area contributed by atoms with Crippen LogP contribution in [-0.2, 0) is 0 Å². The highest BCUT2D eigenvalue weighted by molar-refractivity contribution is 9.10. The number of nitrogens with one attached hydrogen (secondary N) is 1. The second-order valence-electron chi connectivity index (χ2n) is 2.41. The van der Waals surface area contributed by atoms with E-state index in [-0.39, 0.29) is 5.69 Å². The van der Waals surface area contributed by atoms with E-state index in [1.54, 1.807) is 17.4 Å². The molecule has 1 saturated heterocycles. The SMILES string of the molecule is [2H]C1([2H])NC([2H])([2H])C([2H])([2H])N(c2cccc(Br)c2)C1([2H])[2H]. The molecule has 1 heterocycles. The molecule has 1 N–H and O–H groups in total. The summed E-state index contributed by atoms with van der Waals surface area (Å²) in [5.74, 6) is 0. The quantitative estimate of drug-likeness (QED) is 0.817. The molecule has 0 saturated carbocycles. The molecule has 1 aromatic carbocycles. The number of rotatable bonds is 1. The Morgan fingerprint density at radius 3 is 2.85 bits per heavy atom. The van der Waals surface area contributed by atoms with Crippen molar-refractivity contribution in [3.8, 4) is 0 Å². The normalized spacial score (nSPS) is 42.1. The van der Waals surface area contributed by atoms with Gasteiger partial charge in [0.2, 0.25) is 0 Å². The van der Waals surface area contributed by atoms with Gasteiger partial charge in [-0.3, -0.25) is 0 Å². The van der Waals surface area contributed by atoms with E-state index in [1.165, 1.54) is 12.1 Å². The van der Waals surface area contributed by atoms with Gasteiger partial charge in [0.15, 0.2) is 0 Å². The third kappa shape index (κ3) is 2.23. The molecule has 0 amide bonds. The molecule has 0 bridgehead atoms. The molecule has 0 atom stereocenters. The van der Waals surface area contributed by atoms with Crippen molar-refractivity contribution in [2.75, 3.05) is 30.9 Å². The van der Waals surface area contributed by atoms with Gasteiger partial charge >= 0.3 is 0 Å². The lowest BCUT2D eigenvalue weighted by Crippen LogP contribution is -2.43. The van der Waals surface area contributed by atoms with Crippen LogP contribution in [0.3, 0.4) is 0 Å². The van der Waals surface area contributed by atoms with Gasteiger partial charge in [-0.2, -0.15) is 0 Å². The van der Waals surface area contributed by atoms with Gasteiger partial charge in [0.25, 0.3) is 0 Å². The molecule has 0 radical (unpaired) electrons. The number of hydrogen-bond donors (Lipinski definition) is 1. The number of benzene rings is 1. The van der Waals surface area contributed by atoms with E-state index in [1.807, 2.05) is 0 Å². The van der Waals surface area contributed by atoms with Crippen LogP contribution in [0.4, 0.5) is 5.69 Å². The Hall–Kier alpha value is -0.540. The average molecular weight is 249 g/mol. The van der Waals surface area contributed by atoms with Crippen LogP contribution in [0, 0.1) is 0 Å². The smallest absolute Gasteiger partial charge is 0.0506 e. The van der Waals surface area contributed by atoms with Gasteiger partial charge in [0, 0.05) is 41.6 Å². The molecule has 3 heteroatoms. The van der Waals surface area contributed by atoms with Crippen LogP contribution in [0.25, 0.3) is 0 Å². The summed E-state index contributed by atoms with van der Waals surface area (Å²) in [6.07, 6.45) is 0. The molecular weight excluding hydrogens is 228 g/mol. The summed E-state index contributed by atoms with van der Waals surface area (Å²) in [7, 11) is 0. The van der Waals surface area contributed by atoms with E-state index in [2.05, 4.69) is 15.9 Å². The summed E-state index contributed by atoms with van der Waals surface area (Å²) in [5.41, 5.74) is 0.0358. The first-order valence-electron chi connectivity index (χ1n) is 7.68. The number of nitrogens with zero attached hydrogens (tertiary/aromatic N) is 1. The maximum Gasteiger partial charge on any atom is 0.0506 e. The van der Waals surface area contributed by atoms with Crippen LogP contribution < -0.4 is 10.2 Å². The third-order valence-electron chi connectivity index (χ3n) is 1.53. The maximum absolute atomic E-state index is 7.96. The van der Waals surface area contributed by atoms with Gasteiger partial charge in [-0.05, 0) is 18.2 Å². The van der Waals surface area contributed by atoms with E-state index in [0.29, 0.717) is 9.37 Å². The molecule has 0 aliphatic carbocycles. The van der Waals surface area contributed by atoms with E-state index in [9.17, 15) is 0 Å². The molecule has 2 rings (SSSR count). The Morgan fingerprint density at radius 2 is 2.15 bits per heavy atom. The topological polar surface area (TPSA) is 15.3 Å². The van der Waals surface area contributed by atoms with Crippen molar-refractivity contribution < 1.29 is 11.0 Å². The number of piperazine rings is 1. The first-order valence-corrected chi connectivity index (χ1v) is 4.47. The molecule has 2 nitrogen and oxygen atoms in total. The Balaban J connectivity index is 2.67. The molecule has 70 valence electrons. The van der Waals surface area contributed by atoms with Crippen LogP contribution in [0.5, 0.6) is 0 Å². The van der Waals surface area contributed by atoms with Crippen molar-refractivity contribution in [1.29, 1.82) is 0 Å². The van der Waals surface area contributed by atoms with Gasteiger partial charge in [0.1, 0.15) is 0 Å². The average Bonchev–Trinajstić information content (AvgIpc) is 2.24. The van der Waals surface area contributed by atoms with Crippen LogP contribution in [0.1, 0.15) is 11.0 Å². The lowest BCUT2D eigenvalue weighted by molar-refractivity contribution is 0.589. The molecule has 0 aromatic heterocycles. The Bertz CT molecular complexity index is 536. The van der Waals surface area contributed by atoms with Crippen LogP contribution >= 0.6 is 15.9 Å². The predicted octanol–water partition coefficient (Wildman–Crippen LogP) is 1.86. The summed E-state index contributed by atoms with van der Waals surface area (Å²) < 4.78 is 63.2. The molecule has 1 aromatic rings. The van der Waals surface area contributed by atoms with Gasteiger partial charge in [-0.25, -0.2) is 0 Å². The second-order valence-corrected chi connectivity index (χ2v) is 3.33. The van der Waals surface area contributed by atoms with Gasteiger partial charge in [0.05, 0.1) is 5.48 Å². The predicted molar refractivity (Wildman–Crippen MR) is 59.2 cm³/mol. The molecule has 1 aliphatic heterocycles. The zero-order chi connectivity index (χ0) is 16.3. The maximum atomic E-state index is 7.96. The highest BCUT2D eigenvalue weighted by Crippen LogP contribution is 2.19. The van der Waals surface area contributed by atoms with Gasteiger partial charge in [-0.15, -0.1) is 0 Å². The van der Waals surface area contributed by atoms with E-state index in [4.69, 9.17) is 11.0 Å². The first kappa shape index (κ1) is 3.55. The third-order valence-corrected chi connectivity index (χ3v) is 2.02. The Kier molecular flexibility index (Phi) is 1.12. The largest absolute Gasteiger partial charge is 0.369 e. The zero-order valence-electron chi connectivity index (χ0n) is 14.6. The summed E-state index contributed by atoms with van der Waals surface area (Å²) in [6.45, 7) is -11.2. The van der Waals surface area contributed by atoms with Crippen LogP contribution in [0.2, 0.25) is 0 Å². The van der Waals surface area contributed by atoms with Crippen molar-refractivity contribution in [3.63, 3.8) is 0 Å². The number of anilines is 1.